The molecule has 0 unspecified atom stereocenters. The molecule has 5 heteroatoms. The molecular formula is C31H33IrN2O2-. The van der Waals surface area contributed by atoms with Crippen LogP contribution < -0.4 is 0 Å². The molecule has 36 heavy (non-hydrogen) atoms. The van der Waals surface area contributed by atoms with Gasteiger partial charge in [-0.3, -0.25) is 9.78 Å². The summed E-state index contributed by atoms with van der Waals surface area (Å²) in [5.74, 6) is 0.547. The quantitative estimate of drug-likeness (QED) is 0.0631. The summed E-state index contributed by atoms with van der Waals surface area (Å²) in [7, 11) is 0. The third-order valence-electron chi connectivity index (χ3n) is 7.11. The standard InChI is InChI=1S/C18H9N2.C13H24O2.Ir/c1-4-11-5-2-8-14-16(11)12(6-1)13-7-3-9-15-17(13)18(14)20-10-19-15;1-5-10(6-2)12(14)9-13(15)11(7-3)8-4;/h1-7,9-10H;9-11,14H,5-8H2,1-4H3;/q-1;;/b;12-9-;. The number of benzene rings is 4. The van der Waals surface area contributed by atoms with Gasteiger partial charge < -0.3 is 5.11 Å². The van der Waals surface area contributed by atoms with Crippen molar-refractivity contribution in [3.05, 3.63) is 72.8 Å². The summed E-state index contributed by atoms with van der Waals surface area (Å²) >= 11 is 0. The zero-order valence-corrected chi connectivity index (χ0v) is 23.7. The van der Waals surface area contributed by atoms with Gasteiger partial charge in [0.2, 0.25) is 0 Å². The molecule has 189 valence electrons. The fraction of sp³-hybridized carbons (Fsp3) is 0.323. The number of carbonyl (C=O) groups is 1. The largest absolute Gasteiger partial charge is 0.512 e. The van der Waals surface area contributed by atoms with Crippen molar-refractivity contribution in [1.29, 1.82) is 0 Å². The summed E-state index contributed by atoms with van der Waals surface area (Å²) in [5, 5.41) is 16.9. The number of aliphatic hydroxyl groups excluding tert-OH is 1. The van der Waals surface area contributed by atoms with Crippen LogP contribution in [0.15, 0.2) is 66.7 Å². The van der Waals surface area contributed by atoms with Crippen LogP contribution in [0.2, 0.25) is 0 Å². The smallest absolute Gasteiger partial charge is 0.162 e. The summed E-state index contributed by atoms with van der Waals surface area (Å²) in [4.78, 5) is 20.6. The van der Waals surface area contributed by atoms with Crippen LogP contribution in [0, 0.1) is 17.9 Å². The number of fused-ring (bicyclic) bond motifs is 2. The molecule has 0 atom stereocenters. The van der Waals surface area contributed by atoms with E-state index in [4.69, 9.17) is 0 Å². The van der Waals surface area contributed by atoms with Gasteiger partial charge in [-0.05, 0) is 42.5 Å². The normalized spacial score (nSPS) is 11.9. The molecule has 1 aromatic heterocycles. The van der Waals surface area contributed by atoms with E-state index in [1.54, 1.807) is 6.33 Å². The Hall–Kier alpha value is -2.88. The molecule has 0 saturated heterocycles. The summed E-state index contributed by atoms with van der Waals surface area (Å²) in [5.41, 5.74) is 1.99. The average Bonchev–Trinajstić information content (AvgIpc) is 2.89. The zero-order chi connectivity index (χ0) is 24.9. The van der Waals surface area contributed by atoms with E-state index in [1.807, 2.05) is 39.8 Å². The summed E-state index contributed by atoms with van der Waals surface area (Å²) in [6.45, 7) is 8.07. The molecule has 4 nitrogen and oxygen atoms in total. The SMILES string of the molecule is CCC(CC)C(=O)/C=C(\O)C(CC)CC.[Ir].[c-]1ccc2cccc3c4cccc5ncnc(c1c23)c54. The topological polar surface area (TPSA) is 63.1 Å². The van der Waals surface area contributed by atoms with E-state index in [-0.39, 0.29) is 43.5 Å². The molecular weight excluding hydrogens is 625 g/mol. The molecule has 4 aromatic carbocycles. The van der Waals surface area contributed by atoms with Crippen LogP contribution in [-0.2, 0) is 24.9 Å². The van der Waals surface area contributed by atoms with Crippen molar-refractivity contribution in [3.8, 4) is 0 Å². The fourth-order valence-corrected chi connectivity index (χ4v) is 4.99. The van der Waals surface area contributed by atoms with Gasteiger partial charge in [0, 0.05) is 43.5 Å². The van der Waals surface area contributed by atoms with Crippen LogP contribution in [0.1, 0.15) is 53.4 Å². The first-order valence-electron chi connectivity index (χ1n) is 12.7. The Morgan fingerprint density at radius 1 is 0.889 bits per heavy atom. The molecule has 0 fully saturated rings. The van der Waals surface area contributed by atoms with Gasteiger partial charge in [0.25, 0.3) is 0 Å². The van der Waals surface area contributed by atoms with Crippen molar-refractivity contribution in [2.45, 2.75) is 53.4 Å². The molecule has 5 rings (SSSR count). The maximum atomic E-state index is 11.7. The maximum absolute atomic E-state index is 11.7. The van der Waals surface area contributed by atoms with Crippen LogP contribution in [0.3, 0.4) is 0 Å². The number of ketones is 1. The Bertz CT molecular complexity index is 1320. The van der Waals surface area contributed by atoms with Crippen LogP contribution in [-0.4, -0.2) is 20.9 Å². The van der Waals surface area contributed by atoms with Gasteiger partial charge in [-0.1, -0.05) is 68.8 Å². The molecule has 1 radical (unpaired) electrons. The minimum atomic E-state index is 0. The van der Waals surface area contributed by atoms with Gasteiger partial charge in [0.1, 0.15) is 6.33 Å². The first-order chi connectivity index (χ1) is 17.0. The maximum Gasteiger partial charge on any atom is 0.162 e. The second-order valence-corrected chi connectivity index (χ2v) is 9.04. The molecule has 0 bridgehead atoms. The minimum Gasteiger partial charge on any atom is -0.512 e. The second-order valence-electron chi connectivity index (χ2n) is 9.04. The Morgan fingerprint density at radius 3 is 2.19 bits per heavy atom. The summed E-state index contributed by atoms with van der Waals surface area (Å²) < 4.78 is 0. The van der Waals surface area contributed by atoms with Gasteiger partial charge >= 0.3 is 0 Å². The van der Waals surface area contributed by atoms with Crippen molar-refractivity contribution in [3.63, 3.8) is 0 Å². The Labute approximate surface area is 226 Å². The second kappa shape index (κ2) is 12.4. The van der Waals surface area contributed by atoms with E-state index >= 15 is 0 Å². The van der Waals surface area contributed by atoms with Crippen LogP contribution in [0.5, 0.6) is 0 Å². The predicted octanol–water partition coefficient (Wildman–Crippen LogP) is 8.19. The molecule has 0 amide bonds. The Kier molecular flexibility index (Phi) is 9.53. The van der Waals surface area contributed by atoms with E-state index in [0.717, 1.165) is 47.5 Å². The molecule has 0 spiro atoms. The van der Waals surface area contributed by atoms with Crippen molar-refractivity contribution < 1.29 is 30.0 Å². The van der Waals surface area contributed by atoms with Crippen molar-refractivity contribution >= 4 is 49.1 Å². The monoisotopic (exact) mass is 658 g/mol. The molecule has 0 saturated carbocycles. The van der Waals surface area contributed by atoms with Gasteiger partial charge in [0.15, 0.2) is 5.78 Å². The third-order valence-corrected chi connectivity index (χ3v) is 7.11. The van der Waals surface area contributed by atoms with Crippen molar-refractivity contribution in [1.82, 2.24) is 9.97 Å². The first-order valence-corrected chi connectivity index (χ1v) is 12.7. The molecule has 0 aliphatic carbocycles. The van der Waals surface area contributed by atoms with Gasteiger partial charge in [0.05, 0.1) is 11.3 Å². The molecule has 1 N–H and O–H groups in total. The number of nitrogens with zero attached hydrogens (tertiary/aromatic N) is 2. The third kappa shape index (κ3) is 5.28. The number of hydrogen-bond donors (Lipinski definition) is 1. The number of rotatable bonds is 7. The molecule has 1 heterocycles. The van der Waals surface area contributed by atoms with Gasteiger partial charge in [-0.2, -0.15) is 0 Å². The summed E-state index contributed by atoms with van der Waals surface area (Å²) in [6, 6.07) is 20.1. The molecule has 5 aromatic rings. The van der Waals surface area contributed by atoms with Crippen molar-refractivity contribution in [2.75, 3.05) is 0 Å². The zero-order valence-electron chi connectivity index (χ0n) is 21.3. The number of aliphatic hydroxyl groups is 1. The van der Waals surface area contributed by atoms with Crippen LogP contribution >= 0.6 is 0 Å². The van der Waals surface area contributed by atoms with Crippen molar-refractivity contribution in [2.24, 2.45) is 11.8 Å². The Balaban J connectivity index is 0.000000206. The fourth-order valence-electron chi connectivity index (χ4n) is 4.99. The van der Waals surface area contributed by atoms with E-state index in [2.05, 4.69) is 52.4 Å². The Morgan fingerprint density at radius 2 is 1.53 bits per heavy atom. The van der Waals surface area contributed by atoms with E-state index in [9.17, 15) is 9.90 Å². The van der Waals surface area contributed by atoms with Gasteiger partial charge in [-0.15, -0.1) is 29.0 Å². The van der Waals surface area contributed by atoms with E-state index < -0.39 is 0 Å². The molecule has 0 aliphatic rings. The predicted molar refractivity (Wildman–Crippen MR) is 146 cm³/mol. The van der Waals surface area contributed by atoms with Crippen LogP contribution in [0.4, 0.5) is 0 Å². The minimum absolute atomic E-state index is 0. The first kappa shape index (κ1) is 27.7. The van der Waals surface area contributed by atoms with E-state index in [1.165, 1.54) is 27.6 Å². The number of hydrogen-bond acceptors (Lipinski definition) is 4. The molecule has 0 aliphatic heterocycles. The summed E-state index contributed by atoms with van der Waals surface area (Å²) in [6.07, 6.45) is 6.55. The number of allylic oxidation sites excluding steroid dienone is 2. The average molecular weight is 658 g/mol. The number of aromatic nitrogens is 2. The van der Waals surface area contributed by atoms with Crippen LogP contribution in [0.25, 0.3) is 43.4 Å². The van der Waals surface area contributed by atoms with E-state index in [0.29, 0.717) is 0 Å². The number of carbonyl (C=O) groups excluding carboxylic acids is 1. The van der Waals surface area contributed by atoms with Gasteiger partial charge in [-0.25, -0.2) is 4.98 Å².